The summed E-state index contributed by atoms with van der Waals surface area (Å²) in [5, 5.41) is 6.23. The average Bonchev–Trinajstić information content (AvgIpc) is 2.72. The van der Waals surface area contributed by atoms with E-state index in [0.717, 1.165) is 13.1 Å². The van der Waals surface area contributed by atoms with Gasteiger partial charge < -0.3 is 15.5 Å². The van der Waals surface area contributed by atoms with Crippen molar-refractivity contribution in [2.75, 3.05) is 20.6 Å². The lowest BCUT2D eigenvalue weighted by Crippen LogP contribution is -2.32. The van der Waals surface area contributed by atoms with Crippen LogP contribution in [0.15, 0.2) is 18.2 Å². The average molecular weight is 233 g/mol. The lowest BCUT2D eigenvalue weighted by molar-refractivity contribution is -0.121. The minimum atomic E-state index is 0.0635. The zero-order chi connectivity index (χ0) is 12.3. The van der Waals surface area contributed by atoms with Gasteiger partial charge in [0.2, 0.25) is 5.91 Å². The van der Waals surface area contributed by atoms with E-state index in [0.29, 0.717) is 13.1 Å². The lowest BCUT2D eigenvalue weighted by atomic mass is 10.1. The fourth-order valence-electron chi connectivity index (χ4n) is 2.00. The van der Waals surface area contributed by atoms with Crippen LogP contribution in [0.3, 0.4) is 0 Å². The van der Waals surface area contributed by atoms with Gasteiger partial charge in [0.15, 0.2) is 0 Å². The smallest absolute Gasteiger partial charge is 0.234 e. The van der Waals surface area contributed by atoms with E-state index in [-0.39, 0.29) is 5.91 Å². The largest absolute Gasteiger partial charge is 0.351 e. The second-order valence-electron chi connectivity index (χ2n) is 4.72. The number of hydrogen-bond donors (Lipinski definition) is 2. The SMILES string of the molecule is CN(C)CC(=O)NCc1ccc2c(c1)CNC2. The minimum Gasteiger partial charge on any atom is -0.351 e. The quantitative estimate of drug-likeness (QED) is 0.794. The Hall–Kier alpha value is -1.39. The molecule has 4 heteroatoms. The van der Waals surface area contributed by atoms with Crippen molar-refractivity contribution in [3.8, 4) is 0 Å². The summed E-state index contributed by atoms with van der Waals surface area (Å²) >= 11 is 0. The Bertz CT molecular complexity index is 415. The molecule has 0 saturated carbocycles. The second kappa shape index (κ2) is 5.29. The molecular weight excluding hydrogens is 214 g/mol. The van der Waals surface area contributed by atoms with E-state index < -0.39 is 0 Å². The van der Waals surface area contributed by atoms with Gasteiger partial charge in [0, 0.05) is 19.6 Å². The van der Waals surface area contributed by atoms with Gasteiger partial charge in [-0.05, 0) is 30.8 Å². The summed E-state index contributed by atoms with van der Waals surface area (Å²) in [6.07, 6.45) is 0. The maximum atomic E-state index is 11.5. The molecule has 17 heavy (non-hydrogen) atoms. The molecular formula is C13H19N3O. The highest BCUT2D eigenvalue weighted by molar-refractivity contribution is 5.77. The van der Waals surface area contributed by atoms with Gasteiger partial charge in [0.25, 0.3) is 0 Å². The molecule has 2 rings (SSSR count). The van der Waals surface area contributed by atoms with E-state index in [4.69, 9.17) is 0 Å². The normalized spacial score (nSPS) is 13.8. The van der Waals surface area contributed by atoms with E-state index in [2.05, 4.69) is 28.8 Å². The third-order valence-electron chi connectivity index (χ3n) is 2.85. The molecule has 0 bridgehead atoms. The molecule has 1 heterocycles. The standard InChI is InChI=1S/C13H19N3O/c1-16(2)9-13(17)15-6-10-3-4-11-7-14-8-12(11)5-10/h3-5,14H,6-9H2,1-2H3,(H,15,17). The number of nitrogens with one attached hydrogen (secondary N) is 2. The van der Waals surface area contributed by atoms with Gasteiger partial charge in [-0.25, -0.2) is 0 Å². The van der Waals surface area contributed by atoms with E-state index in [1.165, 1.54) is 16.7 Å². The van der Waals surface area contributed by atoms with Crippen molar-refractivity contribution < 1.29 is 4.79 Å². The lowest BCUT2D eigenvalue weighted by Gasteiger charge is -2.10. The van der Waals surface area contributed by atoms with Crippen molar-refractivity contribution in [1.82, 2.24) is 15.5 Å². The van der Waals surface area contributed by atoms with Crippen LogP contribution in [0.5, 0.6) is 0 Å². The molecule has 1 aliphatic rings. The number of hydrogen-bond acceptors (Lipinski definition) is 3. The summed E-state index contributed by atoms with van der Waals surface area (Å²) in [5.74, 6) is 0.0635. The number of carbonyl (C=O) groups excluding carboxylic acids is 1. The third kappa shape index (κ3) is 3.28. The molecule has 0 atom stereocenters. The number of amides is 1. The Balaban J connectivity index is 1.89. The molecule has 1 amide bonds. The molecule has 0 unspecified atom stereocenters. The van der Waals surface area contributed by atoms with Gasteiger partial charge in [-0.2, -0.15) is 0 Å². The van der Waals surface area contributed by atoms with Crippen LogP contribution < -0.4 is 10.6 Å². The van der Waals surface area contributed by atoms with E-state index >= 15 is 0 Å². The highest BCUT2D eigenvalue weighted by Gasteiger charge is 2.10. The van der Waals surface area contributed by atoms with Gasteiger partial charge in [0.1, 0.15) is 0 Å². The van der Waals surface area contributed by atoms with Crippen LogP contribution in [0.2, 0.25) is 0 Å². The number of fused-ring (bicyclic) bond motifs is 1. The fourth-order valence-corrected chi connectivity index (χ4v) is 2.00. The molecule has 92 valence electrons. The number of benzene rings is 1. The first kappa shape index (κ1) is 12.1. The number of rotatable bonds is 4. The van der Waals surface area contributed by atoms with Crippen molar-refractivity contribution in [2.24, 2.45) is 0 Å². The Morgan fingerprint density at radius 3 is 2.88 bits per heavy atom. The van der Waals surface area contributed by atoms with Crippen LogP contribution in [0.1, 0.15) is 16.7 Å². The monoisotopic (exact) mass is 233 g/mol. The van der Waals surface area contributed by atoms with E-state index in [1.807, 2.05) is 19.0 Å². The predicted molar refractivity (Wildman–Crippen MR) is 67.4 cm³/mol. The van der Waals surface area contributed by atoms with Gasteiger partial charge in [-0.3, -0.25) is 4.79 Å². The zero-order valence-electron chi connectivity index (χ0n) is 10.4. The van der Waals surface area contributed by atoms with Crippen molar-refractivity contribution in [2.45, 2.75) is 19.6 Å². The summed E-state index contributed by atoms with van der Waals surface area (Å²) < 4.78 is 0. The first-order chi connectivity index (χ1) is 8.15. The summed E-state index contributed by atoms with van der Waals surface area (Å²) in [5.41, 5.74) is 3.89. The second-order valence-corrected chi connectivity index (χ2v) is 4.72. The Labute approximate surface area is 102 Å². The van der Waals surface area contributed by atoms with Crippen LogP contribution in [-0.4, -0.2) is 31.4 Å². The van der Waals surface area contributed by atoms with Crippen molar-refractivity contribution in [3.63, 3.8) is 0 Å². The van der Waals surface area contributed by atoms with Crippen LogP contribution in [0.4, 0.5) is 0 Å². The van der Waals surface area contributed by atoms with E-state index in [9.17, 15) is 4.79 Å². The maximum Gasteiger partial charge on any atom is 0.234 e. The molecule has 0 saturated heterocycles. The molecule has 0 aromatic heterocycles. The molecule has 0 spiro atoms. The number of likely N-dealkylation sites (N-methyl/N-ethyl adjacent to an activating group) is 1. The third-order valence-corrected chi connectivity index (χ3v) is 2.85. The minimum absolute atomic E-state index is 0.0635. The van der Waals surface area contributed by atoms with Crippen molar-refractivity contribution in [1.29, 1.82) is 0 Å². The van der Waals surface area contributed by atoms with Crippen LogP contribution in [0, 0.1) is 0 Å². The predicted octanol–water partition coefficient (Wildman–Crippen LogP) is 0.468. The summed E-state index contributed by atoms with van der Waals surface area (Å²) in [7, 11) is 3.78. The van der Waals surface area contributed by atoms with Gasteiger partial charge in [0.05, 0.1) is 6.54 Å². The van der Waals surface area contributed by atoms with Gasteiger partial charge in [-0.1, -0.05) is 18.2 Å². The molecule has 1 aromatic carbocycles. The molecule has 4 nitrogen and oxygen atoms in total. The van der Waals surface area contributed by atoms with Crippen LogP contribution >= 0.6 is 0 Å². The molecule has 2 N–H and O–H groups in total. The van der Waals surface area contributed by atoms with Crippen LogP contribution in [-0.2, 0) is 24.4 Å². The molecule has 0 aliphatic carbocycles. The highest BCUT2D eigenvalue weighted by Crippen LogP contribution is 2.16. The highest BCUT2D eigenvalue weighted by atomic mass is 16.1. The molecule has 1 aliphatic heterocycles. The summed E-state index contributed by atoms with van der Waals surface area (Å²) in [6.45, 7) is 2.95. The number of nitrogens with zero attached hydrogens (tertiary/aromatic N) is 1. The van der Waals surface area contributed by atoms with Gasteiger partial charge >= 0.3 is 0 Å². The molecule has 0 fully saturated rings. The summed E-state index contributed by atoms with van der Waals surface area (Å²) in [6, 6.07) is 6.40. The summed E-state index contributed by atoms with van der Waals surface area (Å²) in [4.78, 5) is 13.4. The van der Waals surface area contributed by atoms with Crippen molar-refractivity contribution >= 4 is 5.91 Å². The fraction of sp³-hybridized carbons (Fsp3) is 0.462. The zero-order valence-corrected chi connectivity index (χ0v) is 10.4. The Kier molecular flexibility index (Phi) is 3.76. The van der Waals surface area contributed by atoms with Crippen molar-refractivity contribution in [3.05, 3.63) is 34.9 Å². The molecule has 0 radical (unpaired) electrons. The molecule has 1 aromatic rings. The Morgan fingerprint density at radius 1 is 1.35 bits per heavy atom. The Morgan fingerprint density at radius 2 is 2.12 bits per heavy atom. The van der Waals surface area contributed by atoms with E-state index in [1.54, 1.807) is 0 Å². The first-order valence-corrected chi connectivity index (χ1v) is 5.88. The number of carbonyl (C=O) groups is 1. The van der Waals surface area contributed by atoms with Gasteiger partial charge in [-0.15, -0.1) is 0 Å². The topological polar surface area (TPSA) is 44.4 Å². The maximum absolute atomic E-state index is 11.5. The van der Waals surface area contributed by atoms with Crippen LogP contribution in [0.25, 0.3) is 0 Å². The first-order valence-electron chi connectivity index (χ1n) is 5.88.